The first kappa shape index (κ1) is 20.5. The van der Waals surface area contributed by atoms with Gasteiger partial charge < -0.3 is 10.2 Å². The maximum absolute atomic E-state index is 12.9. The molecule has 1 amide bonds. The quantitative estimate of drug-likeness (QED) is 0.639. The van der Waals surface area contributed by atoms with Gasteiger partial charge in [0.2, 0.25) is 15.9 Å². The summed E-state index contributed by atoms with van der Waals surface area (Å²) in [5.74, 6) is -0.566. The molecular formula is C16H26FN3O3S. The Morgan fingerprint density at radius 2 is 1.71 bits per heavy atom. The van der Waals surface area contributed by atoms with E-state index in [-0.39, 0.29) is 23.8 Å². The lowest BCUT2D eigenvalue weighted by Crippen LogP contribution is -2.30. The van der Waals surface area contributed by atoms with Gasteiger partial charge >= 0.3 is 0 Å². The third-order valence-corrected chi connectivity index (χ3v) is 5.37. The first-order valence-corrected chi connectivity index (χ1v) is 9.31. The molecule has 0 fully saturated rings. The largest absolute Gasteiger partial charge is 0.356 e. The van der Waals surface area contributed by atoms with Crippen molar-refractivity contribution >= 4 is 15.9 Å². The van der Waals surface area contributed by atoms with Gasteiger partial charge in [0.25, 0.3) is 0 Å². The lowest BCUT2D eigenvalue weighted by molar-refractivity contribution is -0.121. The van der Waals surface area contributed by atoms with Gasteiger partial charge in [-0.15, -0.1) is 0 Å². The van der Waals surface area contributed by atoms with E-state index in [1.54, 1.807) is 0 Å². The predicted molar refractivity (Wildman–Crippen MR) is 91.6 cm³/mol. The van der Waals surface area contributed by atoms with Gasteiger partial charge in [-0.05, 0) is 57.7 Å². The molecule has 0 aliphatic rings. The summed E-state index contributed by atoms with van der Waals surface area (Å²) in [5.41, 5.74) is 0. The molecular weight excluding hydrogens is 333 g/mol. The van der Waals surface area contributed by atoms with Crippen LogP contribution in [-0.2, 0) is 14.8 Å². The number of amides is 1. The van der Waals surface area contributed by atoms with E-state index in [9.17, 15) is 17.6 Å². The van der Waals surface area contributed by atoms with Crippen LogP contribution in [0.5, 0.6) is 0 Å². The summed E-state index contributed by atoms with van der Waals surface area (Å²) in [6.45, 7) is 1.74. The Bertz CT molecular complexity index is 618. The summed E-state index contributed by atoms with van der Waals surface area (Å²) in [6.07, 6.45) is 1.57. The Hall–Kier alpha value is -1.51. The third kappa shape index (κ3) is 6.94. The van der Waals surface area contributed by atoms with Crippen LogP contribution in [0.25, 0.3) is 0 Å². The highest BCUT2D eigenvalue weighted by Crippen LogP contribution is 2.15. The van der Waals surface area contributed by atoms with Gasteiger partial charge in [-0.25, -0.2) is 17.1 Å². The van der Waals surface area contributed by atoms with Crippen LogP contribution in [0, 0.1) is 5.82 Å². The van der Waals surface area contributed by atoms with Crippen LogP contribution < -0.4 is 5.32 Å². The molecule has 24 heavy (non-hydrogen) atoms. The number of carbonyl (C=O) groups excluding carboxylic acids is 1. The molecule has 0 saturated heterocycles. The predicted octanol–water partition coefficient (Wildman–Crippen LogP) is 1.29. The molecule has 0 heterocycles. The molecule has 1 aromatic rings. The topological polar surface area (TPSA) is 69.7 Å². The molecule has 1 rings (SSSR count). The zero-order valence-electron chi connectivity index (χ0n) is 14.5. The van der Waals surface area contributed by atoms with Crippen molar-refractivity contribution in [2.24, 2.45) is 0 Å². The summed E-state index contributed by atoms with van der Waals surface area (Å²) in [6, 6.07) is 4.70. The SMILES string of the molecule is CN(C)CCCNC(=O)CCCN(C)S(=O)(=O)c1ccc(F)cc1. The second-order valence-corrected chi connectivity index (χ2v) is 7.94. The van der Waals surface area contributed by atoms with Crippen molar-refractivity contribution in [3.05, 3.63) is 30.1 Å². The molecule has 0 atom stereocenters. The van der Waals surface area contributed by atoms with Crippen LogP contribution in [0.2, 0.25) is 0 Å². The third-order valence-electron chi connectivity index (χ3n) is 3.50. The zero-order valence-corrected chi connectivity index (χ0v) is 15.3. The van der Waals surface area contributed by atoms with E-state index in [1.807, 2.05) is 19.0 Å². The van der Waals surface area contributed by atoms with Crippen molar-refractivity contribution in [1.29, 1.82) is 0 Å². The minimum Gasteiger partial charge on any atom is -0.356 e. The fourth-order valence-corrected chi connectivity index (χ4v) is 3.29. The first-order chi connectivity index (χ1) is 11.2. The summed E-state index contributed by atoms with van der Waals surface area (Å²) < 4.78 is 38.6. The molecule has 1 N–H and O–H groups in total. The average Bonchev–Trinajstić information content (AvgIpc) is 2.51. The van der Waals surface area contributed by atoms with E-state index in [1.165, 1.54) is 23.5 Å². The van der Waals surface area contributed by atoms with Gasteiger partial charge in [0.15, 0.2) is 0 Å². The molecule has 1 aromatic carbocycles. The van der Waals surface area contributed by atoms with Gasteiger partial charge in [-0.1, -0.05) is 0 Å². The summed E-state index contributed by atoms with van der Waals surface area (Å²) in [7, 11) is 1.74. The van der Waals surface area contributed by atoms with Crippen LogP contribution in [0.15, 0.2) is 29.2 Å². The zero-order chi connectivity index (χ0) is 18.2. The van der Waals surface area contributed by atoms with Gasteiger partial charge in [-0.2, -0.15) is 0 Å². The number of halogens is 1. The molecule has 0 aliphatic heterocycles. The van der Waals surface area contributed by atoms with Crippen LogP contribution >= 0.6 is 0 Å². The number of nitrogens with zero attached hydrogens (tertiary/aromatic N) is 2. The molecule has 0 aliphatic carbocycles. The fraction of sp³-hybridized carbons (Fsp3) is 0.562. The highest BCUT2D eigenvalue weighted by Gasteiger charge is 2.20. The lowest BCUT2D eigenvalue weighted by Gasteiger charge is -2.17. The van der Waals surface area contributed by atoms with E-state index in [2.05, 4.69) is 5.32 Å². The molecule has 0 unspecified atom stereocenters. The van der Waals surface area contributed by atoms with Gasteiger partial charge in [0.1, 0.15) is 5.82 Å². The number of sulfonamides is 1. The molecule has 0 aromatic heterocycles. The van der Waals surface area contributed by atoms with E-state index >= 15 is 0 Å². The van der Waals surface area contributed by atoms with Crippen LogP contribution in [-0.4, -0.2) is 64.3 Å². The summed E-state index contributed by atoms with van der Waals surface area (Å²) >= 11 is 0. The number of benzene rings is 1. The van der Waals surface area contributed by atoms with Crippen molar-refractivity contribution in [3.63, 3.8) is 0 Å². The van der Waals surface area contributed by atoms with Gasteiger partial charge in [0.05, 0.1) is 4.90 Å². The van der Waals surface area contributed by atoms with E-state index in [0.29, 0.717) is 13.0 Å². The van der Waals surface area contributed by atoms with Crippen molar-refractivity contribution < 1.29 is 17.6 Å². The minimum atomic E-state index is -3.65. The number of carbonyl (C=O) groups is 1. The first-order valence-electron chi connectivity index (χ1n) is 7.87. The van der Waals surface area contributed by atoms with Crippen molar-refractivity contribution in [3.8, 4) is 0 Å². The van der Waals surface area contributed by atoms with E-state index in [4.69, 9.17) is 0 Å². The number of rotatable bonds is 10. The maximum atomic E-state index is 12.9. The normalized spacial score (nSPS) is 11.9. The number of hydrogen-bond donors (Lipinski definition) is 1. The molecule has 0 bridgehead atoms. The van der Waals surface area contributed by atoms with Crippen LogP contribution in [0.1, 0.15) is 19.3 Å². The molecule has 0 saturated carbocycles. The Morgan fingerprint density at radius 3 is 2.29 bits per heavy atom. The molecule has 6 nitrogen and oxygen atoms in total. The summed E-state index contributed by atoms with van der Waals surface area (Å²) in [4.78, 5) is 13.8. The Morgan fingerprint density at radius 1 is 1.08 bits per heavy atom. The van der Waals surface area contributed by atoms with E-state index in [0.717, 1.165) is 25.1 Å². The highest BCUT2D eigenvalue weighted by molar-refractivity contribution is 7.89. The number of nitrogens with one attached hydrogen (secondary N) is 1. The van der Waals surface area contributed by atoms with Gasteiger partial charge in [-0.3, -0.25) is 4.79 Å². The van der Waals surface area contributed by atoms with Crippen molar-refractivity contribution in [2.45, 2.75) is 24.2 Å². The van der Waals surface area contributed by atoms with E-state index < -0.39 is 15.8 Å². The lowest BCUT2D eigenvalue weighted by atomic mass is 10.3. The molecule has 136 valence electrons. The van der Waals surface area contributed by atoms with Gasteiger partial charge in [0, 0.05) is 26.6 Å². The standard InChI is InChI=1S/C16H26FN3O3S/c1-19(2)12-5-11-18-16(21)6-4-13-20(3)24(22,23)15-9-7-14(17)8-10-15/h7-10H,4-6,11-13H2,1-3H3,(H,18,21). The Kier molecular flexibility index (Phi) is 8.30. The smallest absolute Gasteiger partial charge is 0.242 e. The monoisotopic (exact) mass is 359 g/mol. The van der Waals surface area contributed by atoms with Crippen LogP contribution in [0.4, 0.5) is 4.39 Å². The highest BCUT2D eigenvalue weighted by atomic mass is 32.2. The minimum absolute atomic E-state index is 0.0412. The van der Waals surface area contributed by atoms with Crippen molar-refractivity contribution in [1.82, 2.24) is 14.5 Å². The fourth-order valence-electron chi connectivity index (χ4n) is 2.08. The second-order valence-electron chi connectivity index (χ2n) is 5.89. The Labute approximate surface area is 143 Å². The molecule has 0 spiro atoms. The average molecular weight is 359 g/mol. The molecule has 8 heteroatoms. The second kappa shape index (κ2) is 9.71. The maximum Gasteiger partial charge on any atom is 0.242 e. The molecule has 0 radical (unpaired) electrons. The van der Waals surface area contributed by atoms with Crippen LogP contribution in [0.3, 0.4) is 0 Å². The van der Waals surface area contributed by atoms with Crippen molar-refractivity contribution in [2.75, 3.05) is 40.8 Å². The number of hydrogen-bond acceptors (Lipinski definition) is 4. The summed E-state index contributed by atoms with van der Waals surface area (Å²) in [5, 5.41) is 2.81. The Balaban J connectivity index is 2.36.